The first-order chi connectivity index (χ1) is 18.3. The maximum atomic E-state index is 12.0. The minimum atomic E-state index is -0.967. The van der Waals surface area contributed by atoms with E-state index in [2.05, 4.69) is 29.1 Å². The van der Waals surface area contributed by atoms with Crippen LogP contribution in [-0.4, -0.2) is 82.9 Å². The third kappa shape index (κ3) is 4.91. The smallest absolute Gasteiger partial charge is 0.242 e. The van der Waals surface area contributed by atoms with Crippen molar-refractivity contribution in [3.63, 3.8) is 0 Å². The van der Waals surface area contributed by atoms with Crippen molar-refractivity contribution in [1.29, 1.82) is 0 Å². The van der Waals surface area contributed by atoms with Crippen LogP contribution in [0.4, 0.5) is 0 Å². The molecule has 9 nitrogen and oxygen atoms in total. The Kier molecular flexibility index (Phi) is 7.72. The maximum Gasteiger partial charge on any atom is 0.242 e. The van der Waals surface area contributed by atoms with E-state index in [1.807, 2.05) is 12.1 Å². The van der Waals surface area contributed by atoms with E-state index in [1.54, 1.807) is 36.5 Å². The molecular weight excluding hydrogens is 484 g/mol. The number of carbonyl (C=O) groups is 1. The van der Waals surface area contributed by atoms with Crippen molar-refractivity contribution in [3.05, 3.63) is 65.5 Å². The van der Waals surface area contributed by atoms with Crippen molar-refractivity contribution in [2.75, 3.05) is 33.8 Å². The van der Waals surface area contributed by atoms with Gasteiger partial charge in [-0.05, 0) is 62.2 Å². The number of rotatable bonds is 4. The monoisotopic (exact) mass is 522 g/mol. The van der Waals surface area contributed by atoms with Gasteiger partial charge in [-0.3, -0.25) is 9.78 Å². The average molecular weight is 523 g/mol. The van der Waals surface area contributed by atoms with Gasteiger partial charge in [0.1, 0.15) is 18.2 Å². The molecule has 4 N–H and O–H groups in total. The number of benzene rings is 1. The number of aromatic nitrogens is 1. The lowest BCUT2D eigenvalue weighted by molar-refractivity contribution is -0.134. The van der Waals surface area contributed by atoms with E-state index in [0.29, 0.717) is 12.0 Å². The third-order valence-electron chi connectivity index (χ3n) is 8.24. The standard InChI is InChI=1S/C17H21NO3.C12H17N3O2/c1-18-8-7-17-6-5-12(19)9-14(17)21-16-13(20-2)4-3-11(10-18)15(16)17;13-10(12(17)15-7-1-2-8-15)11(16)9-3-5-14-6-4-9/h3-6,12,14,19H,7-10H2,1-2H3;3-6,10-11,16H,1-2,7-8,13H2/t12-,14-,17-;10-,11+/m01/s1. The Balaban J connectivity index is 0.000000159. The van der Waals surface area contributed by atoms with Gasteiger partial charge >= 0.3 is 0 Å². The minimum absolute atomic E-state index is 0.00838. The number of nitrogens with two attached hydrogens (primary N) is 1. The van der Waals surface area contributed by atoms with Crippen molar-refractivity contribution < 1.29 is 24.5 Å². The van der Waals surface area contributed by atoms with E-state index >= 15 is 0 Å². The van der Waals surface area contributed by atoms with Gasteiger partial charge in [0.15, 0.2) is 11.5 Å². The van der Waals surface area contributed by atoms with Crippen molar-refractivity contribution >= 4 is 5.91 Å². The fourth-order valence-electron chi connectivity index (χ4n) is 6.13. The summed E-state index contributed by atoms with van der Waals surface area (Å²) in [7, 11) is 3.84. The Morgan fingerprint density at radius 2 is 1.95 bits per heavy atom. The number of ether oxygens (including phenoxy) is 2. The second-order valence-electron chi connectivity index (χ2n) is 10.7. The van der Waals surface area contributed by atoms with Crippen molar-refractivity contribution in [1.82, 2.24) is 14.8 Å². The molecule has 1 saturated heterocycles. The number of nitrogens with zero attached hydrogens (tertiary/aromatic N) is 3. The molecule has 5 atom stereocenters. The fourth-order valence-corrected chi connectivity index (χ4v) is 6.13. The summed E-state index contributed by atoms with van der Waals surface area (Å²) in [6.07, 6.45) is 9.60. The van der Waals surface area contributed by atoms with Gasteiger partial charge in [-0.15, -0.1) is 0 Å². The van der Waals surface area contributed by atoms with Gasteiger partial charge in [0.05, 0.1) is 18.6 Å². The lowest BCUT2D eigenvalue weighted by Crippen LogP contribution is -2.45. The van der Waals surface area contributed by atoms with Crippen LogP contribution in [-0.2, 0) is 16.8 Å². The number of methoxy groups -OCH3 is 1. The van der Waals surface area contributed by atoms with Crippen LogP contribution in [0.3, 0.4) is 0 Å². The number of pyridine rings is 1. The van der Waals surface area contributed by atoms with Gasteiger partial charge in [0.25, 0.3) is 0 Å². The van der Waals surface area contributed by atoms with Crippen LogP contribution in [0.1, 0.15) is 48.5 Å². The predicted octanol–water partition coefficient (Wildman–Crippen LogP) is 1.92. The summed E-state index contributed by atoms with van der Waals surface area (Å²) in [4.78, 5) is 19.9. The molecule has 0 radical (unpaired) electrons. The van der Waals surface area contributed by atoms with Crippen molar-refractivity contribution in [3.8, 4) is 11.5 Å². The van der Waals surface area contributed by atoms with E-state index < -0.39 is 18.2 Å². The third-order valence-corrected chi connectivity index (χ3v) is 8.24. The summed E-state index contributed by atoms with van der Waals surface area (Å²) in [6.45, 7) is 3.45. The Morgan fingerprint density at radius 3 is 2.66 bits per heavy atom. The zero-order valence-corrected chi connectivity index (χ0v) is 22.1. The van der Waals surface area contributed by atoms with Crippen LogP contribution in [0.15, 0.2) is 48.8 Å². The second-order valence-corrected chi connectivity index (χ2v) is 10.7. The molecular formula is C29H38N4O5. The molecule has 0 bridgehead atoms. The molecule has 1 fully saturated rings. The molecule has 204 valence electrons. The Labute approximate surface area is 223 Å². The fraction of sp³-hybridized carbons (Fsp3) is 0.517. The summed E-state index contributed by atoms with van der Waals surface area (Å²) in [6, 6.07) is 6.60. The van der Waals surface area contributed by atoms with Crippen LogP contribution in [0.2, 0.25) is 0 Å². The number of hydrogen-bond acceptors (Lipinski definition) is 8. The molecule has 1 amide bonds. The highest BCUT2D eigenvalue weighted by Crippen LogP contribution is 2.55. The maximum absolute atomic E-state index is 12.0. The van der Waals surface area contributed by atoms with Crippen LogP contribution in [0.5, 0.6) is 11.5 Å². The van der Waals surface area contributed by atoms with Crippen LogP contribution in [0, 0.1) is 0 Å². The Morgan fingerprint density at radius 1 is 1.21 bits per heavy atom. The molecule has 9 heteroatoms. The van der Waals surface area contributed by atoms with Gasteiger partial charge in [-0.1, -0.05) is 18.2 Å². The highest BCUT2D eigenvalue weighted by molar-refractivity contribution is 5.82. The average Bonchev–Trinajstić information content (AvgIpc) is 3.56. The van der Waals surface area contributed by atoms with Gasteiger partial charge in [0, 0.05) is 44.0 Å². The summed E-state index contributed by atoms with van der Waals surface area (Å²) in [5.74, 6) is 1.51. The van der Waals surface area contributed by atoms with Crippen molar-refractivity contribution in [2.45, 2.75) is 62.0 Å². The Bertz CT molecular complexity index is 1170. The molecule has 0 unspecified atom stereocenters. The van der Waals surface area contributed by atoms with E-state index in [9.17, 15) is 15.0 Å². The van der Waals surface area contributed by atoms with E-state index in [-0.39, 0.29) is 17.4 Å². The number of amides is 1. The highest BCUT2D eigenvalue weighted by Gasteiger charge is 2.52. The lowest BCUT2D eigenvalue weighted by Gasteiger charge is -2.35. The SMILES string of the molecule is COc1ccc2c3c1O[C@H]1C[C@@H](O)C=C[C@@]31CCN(C)C2.N[C@@H](C(=O)N1CCCC1)[C@@H](O)c1ccncc1. The summed E-state index contributed by atoms with van der Waals surface area (Å²) >= 11 is 0. The molecule has 2 aromatic rings. The van der Waals surface area contributed by atoms with Crippen LogP contribution >= 0.6 is 0 Å². The second kappa shape index (κ2) is 11.0. The number of likely N-dealkylation sites (tertiary alicyclic amines) is 1. The summed E-state index contributed by atoms with van der Waals surface area (Å²) in [5.41, 5.74) is 8.92. The summed E-state index contributed by atoms with van der Waals surface area (Å²) < 4.78 is 11.8. The largest absolute Gasteiger partial charge is 0.493 e. The predicted molar refractivity (Wildman–Crippen MR) is 143 cm³/mol. The van der Waals surface area contributed by atoms with E-state index in [0.717, 1.165) is 56.9 Å². The topological polar surface area (TPSA) is 121 Å². The zero-order chi connectivity index (χ0) is 26.9. The first-order valence-electron chi connectivity index (χ1n) is 13.4. The molecule has 1 aromatic heterocycles. The molecule has 1 spiro atoms. The molecule has 4 aliphatic rings. The number of aliphatic hydroxyl groups excluding tert-OH is 2. The molecule has 38 heavy (non-hydrogen) atoms. The van der Waals surface area contributed by atoms with Gasteiger partial charge in [0.2, 0.25) is 5.91 Å². The highest BCUT2D eigenvalue weighted by atomic mass is 16.5. The quantitative estimate of drug-likeness (QED) is 0.521. The first-order valence-corrected chi connectivity index (χ1v) is 13.4. The van der Waals surface area contributed by atoms with Crippen molar-refractivity contribution in [2.24, 2.45) is 5.73 Å². The number of aliphatic hydroxyl groups is 2. The minimum Gasteiger partial charge on any atom is -0.493 e. The molecule has 6 rings (SSSR count). The van der Waals surface area contributed by atoms with E-state index in [1.165, 1.54) is 11.1 Å². The normalized spacial score (nSPS) is 27.2. The van der Waals surface area contributed by atoms with Gasteiger partial charge < -0.3 is 35.2 Å². The molecule has 1 aliphatic carbocycles. The Hall–Kier alpha value is -2.98. The molecule has 1 aromatic carbocycles. The van der Waals surface area contributed by atoms with Crippen LogP contribution in [0.25, 0.3) is 0 Å². The zero-order valence-electron chi connectivity index (χ0n) is 22.1. The van der Waals surface area contributed by atoms with Crippen LogP contribution < -0.4 is 15.2 Å². The number of carbonyl (C=O) groups excluding carboxylic acids is 1. The summed E-state index contributed by atoms with van der Waals surface area (Å²) in [5, 5.41) is 20.0. The molecule has 0 saturated carbocycles. The molecule has 3 aliphatic heterocycles. The lowest BCUT2D eigenvalue weighted by atomic mass is 9.69. The first kappa shape index (κ1) is 26.6. The van der Waals surface area contributed by atoms with Gasteiger partial charge in [-0.25, -0.2) is 0 Å². The number of hydrogen-bond donors (Lipinski definition) is 3. The molecule has 4 heterocycles. The van der Waals surface area contributed by atoms with Gasteiger partial charge in [-0.2, -0.15) is 0 Å². The van der Waals surface area contributed by atoms with E-state index in [4.69, 9.17) is 15.2 Å².